The van der Waals surface area contributed by atoms with Crippen LogP contribution in [0.5, 0.6) is 0 Å². The van der Waals surface area contributed by atoms with Crippen LogP contribution in [0.2, 0.25) is 0 Å². The highest BCUT2D eigenvalue weighted by atomic mass is 127. The number of nitrogens with zero attached hydrogens (tertiary/aromatic N) is 1. The molecular weight excluding hydrogens is 433 g/mol. The molecule has 25 heavy (non-hydrogen) atoms. The summed E-state index contributed by atoms with van der Waals surface area (Å²) in [6, 6.07) is 0. The predicted octanol–water partition coefficient (Wildman–Crippen LogP) is 2.42. The van der Waals surface area contributed by atoms with E-state index < -0.39 is 0 Å². The van der Waals surface area contributed by atoms with Gasteiger partial charge in [-0.15, -0.1) is 24.0 Å². The molecule has 0 aromatic carbocycles. The van der Waals surface area contributed by atoms with Crippen LogP contribution in [-0.4, -0.2) is 65.7 Å². The summed E-state index contributed by atoms with van der Waals surface area (Å²) in [6.45, 7) is 7.01. The van der Waals surface area contributed by atoms with Crippen molar-refractivity contribution in [2.45, 2.75) is 38.5 Å². The highest BCUT2D eigenvalue weighted by molar-refractivity contribution is 14.0. The molecule has 2 aliphatic rings. The third kappa shape index (κ3) is 12.0. The zero-order chi connectivity index (χ0) is 16.9. The monoisotopic (exact) mass is 469 g/mol. The molecule has 0 bridgehead atoms. The van der Waals surface area contributed by atoms with Gasteiger partial charge in [0.2, 0.25) is 0 Å². The molecular formula is C18H36IN3O3. The molecule has 2 rings (SSSR count). The van der Waals surface area contributed by atoms with Crippen LogP contribution < -0.4 is 10.6 Å². The predicted molar refractivity (Wildman–Crippen MR) is 112 cm³/mol. The van der Waals surface area contributed by atoms with Crippen LogP contribution in [-0.2, 0) is 14.2 Å². The van der Waals surface area contributed by atoms with Crippen molar-refractivity contribution in [3.63, 3.8) is 0 Å². The van der Waals surface area contributed by atoms with E-state index in [2.05, 4.69) is 15.6 Å². The second-order valence-electron chi connectivity index (χ2n) is 6.78. The van der Waals surface area contributed by atoms with E-state index in [1.165, 1.54) is 12.8 Å². The fourth-order valence-corrected chi connectivity index (χ4v) is 2.68. The molecule has 0 aromatic heterocycles. The van der Waals surface area contributed by atoms with Crippen LogP contribution in [0.3, 0.4) is 0 Å². The van der Waals surface area contributed by atoms with Crippen LogP contribution in [0.15, 0.2) is 4.99 Å². The quantitative estimate of drug-likeness (QED) is 0.199. The van der Waals surface area contributed by atoms with Gasteiger partial charge in [0.15, 0.2) is 5.96 Å². The van der Waals surface area contributed by atoms with E-state index in [0.29, 0.717) is 5.92 Å². The number of guanidine groups is 1. The summed E-state index contributed by atoms with van der Waals surface area (Å²) in [6.07, 6.45) is 7.00. The van der Waals surface area contributed by atoms with E-state index in [1.54, 1.807) is 7.05 Å². The highest BCUT2D eigenvalue weighted by Crippen LogP contribution is 2.28. The lowest BCUT2D eigenvalue weighted by Crippen LogP contribution is -2.38. The summed E-state index contributed by atoms with van der Waals surface area (Å²) in [5.74, 6) is 2.39. The van der Waals surface area contributed by atoms with Gasteiger partial charge >= 0.3 is 0 Å². The molecule has 1 heterocycles. The summed E-state index contributed by atoms with van der Waals surface area (Å²) < 4.78 is 16.7. The number of aliphatic imine (C=N–C) groups is 1. The van der Waals surface area contributed by atoms with Crippen molar-refractivity contribution in [3.8, 4) is 0 Å². The van der Waals surface area contributed by atoms with E-state index >= 15 is 0 Å². The maximum atomic E-state index is 5.77. The Morgan fingerprint density at radius 3 is 1.92 bits per heavy atom. The molecule has 2 fully saturated rings. The van der Waals surface area contributed by atoms with E-state index in [4.69, 9.17) is 14.2 Å². The number of nitrogens with one attached hydrogen (secondary N) is 2. The first-order valence-corrected chi connectivity index (χ1v) is 9.56. The molecule has 148 valence electrons. The molecule has 0 aromatic rings. The topological polar surface area (TPSA) is 64.1 Å². The standard InChI is InChI=1S/C18H35N3O3.HI/c1-19-18(20-8-2-10-23-14-16-4-5-16)21-9-3-11-24-15-17-6-12-22-13-7-17;/h16-17H,2-15H2,1H3,(H2,19,20,21);1H. The Balaban J connectivity index is 0.00000312. The first-order chi connectivity index (χ1) is 11.9. The first-order valence-electron chi connectivity index (χ1n) is 9.56. The molecule has 1 saturated heterocycles. The fourth-order valence-electron chi connectivity index (χ4n) is 2.68. The second kappa shape index (κ2) is 15.0. The van der Waals surface area contributed by atoms with Crippen molar-refractivity contribution < 1.29 is 14.2 Å². The third-order valence-electron chi connectivity index (χ3n) is 4.48. The van der Waals surface area contributed by atoms with Gasteiger partial charge in [0.05, 0.1) is 0 Å². The van der Waals surface area contributed by atoms with Crippen LogP contribution in [0.4, 0.5) is 0 Å². The summed E-state index contributed by atoms with van der Waals surface area (Å²) in [4.78, 5) is 4.23. The van der Waals surface area contributed by atoms with E-state index in [1.807, 2.05) is 0 Å². The molecule has 6 nitrogen and oxygen atoms in total. The molecule has 0 spiro atoms. The third-order valence-corrected chi connectivity index (χ3v) is 4.48. The van der Waals surface area contributed by atoms with Gasteiger partial charge in [0, 0.05) is 59.8 Å². The summed E-state index contributed by atoms with van der Waals surface area (Å²) >= 11 is 0. The van der Waals surface area contributed by atoms with Crippen LogP contribution in [0, 0.1) is 11.8 Å². The summed E-state index contributed by atoms with van der Waals surface area (Å²) in [5.41, 5.74) is 0. The summed E-state index contributed by atoms with van der Waals surface area (Å²) in [7, 11) is 1.81. The number of ether oxygens (including phenoxy) is 3. The number of hydrogen-bond acceptors (Lipinski definition) is 4. The molecule has 1 aliphatic heterocycles. The zero-order valence-electron chi connectivity index (χ0n) is 15.6. The van der Waals surface area contributed by atoms with Crippen molar-refractivity contribution in [1.29, 1.82) is 0 Å². The van der Waals surface area contributed by atoms with Crippen molar-refractivity contribution in [3.05, 3.63) is 0 Å². The van der Waals surface area contributed by atoms with E-state index in [0.717, 1.165) is 90.3 Å². The van der Waals surface area contributed by atoms with Gasteiger partial charge in [-0.25, -0.2) is 0 Å². The highest BCUT2D eigenvalue weighted by Gasteiger charge is 2.20. The van der Waals surface area contributed by atoms with Crippen LogP contribution in [0.25, 0.3) is 0 Å². The van der Waals surface area contributed by atoms with Crippen molar-refractivity contribution in [2.24, 2.45) is 16.8 Å². The van der Waals surface area contributed by atoms with E-state index in [-0.39, 0.29) is 24.0 Å². The van der Waals surface area contributed by atoms with Crippen molar-refractivity contribution >= 4 is 29.9 Å². The van der Waals surface area contributed by atoms with Gasteiger partial charge in [0.25, 0.3) is 0 Å². The smallest absolute Gasteiger partial charge is 0.190 e. The number of rotatable bonds is 12. The SMILES string of the molecule is CN=C(NCCCOCC1CCOCC1)NCCCOCC1CC1.I. The van der Waals surface area contributed by atoms with Gasteiger partial charge in [-0.1, -0.05) is 0 Å². The van der Waals surface area contributed by atoms with Crippen LogP contribution in [0.1, 0.15) is 38.5 Å². The van der Waals surface area contributed by atoms with Gasteiger partial charge in [0.1, 0.15) is 0 Å². The minimum Gasteiger partial charge on any atom is -0.381 e. The second-order valence-corrected chi connectivity index (χ2v) is 6.78. The molecule has 0 unspecified atom stereocenters. The lowest BCUT2D eigenvalue weighted by atomic mass is 10.0. The summed E-state index contributed by atoms with van der Waals surface area (Å²) in [5, 5.41) is 6.65. The molecule has 1 saturated carbocycles. The Hall–Kier alpha value is -0.120. The Kier molecular flexibility index (Phi) is 13.7. The van der Waals surface area contributed by atoms with Gasteiger partial charge in [-0.3, -0.25) is 4.99 Å². The maximum Gasteiger partial charge on any atom is 0.190 e. The Labute approximate surface area is 169 Å². The minimum atomic E-state index is 0. The Morgan fingerprint density at radius 1 is 0.920 bits per heavy atom. The minimum absolute atomic E-state index is 0. The maximum absolute atomic E-state index is 5.77. The molecule has 0 amide bonds. The zero-order valence-corrected chi connectivity index (χ0v) is 18.0. The van der Waals surface area contributed by atoms with Crippen LogP contribution >= 0.6 is 24.0 Å². The number of hydrogen-bond donors (Lipinski definition) is 2. The molecule has 0 atom stereocenters. The van der Waals surface area contributed by atoms with Gasteiger partial charge in [-0.2, -0.15) is 0 Å². The van der Waals surface area contributed by atoms with Gasteiger partial charge in [-0.05, 0) is 50.4 Å². The molecule has 0 radical (unpaired) electrons. The lowest BCUT2D eigenvalue weighted by molar-refractivity contribution is 0.0203. The Morgan fingerprint density at radius 2 is 1.44 bits per heavy atom. The van der Waals surface area contributed by atoms with Gasteiger partial charge < -0.3 is 24.8 Å². The van der Waals surface area contributed by atoms with Crippen molar-refractivity contribution in [2.75, 3.05) is 59.8 Å². The average molecular weight is 469 g/mol. The fraction of sp³-hybridized carbons (Fsp3) is 0.944. The first kappa shape index (κ1) is 22.9. The molecule has 2 N–H and O–H groups in total. The van der Waals surface area contributed by atoms with Crippen molar-refractivity contribution in [1.82, 2.24) is 10.6 Å². The van der Waals surface area contributed by atoms with E-state index in [9.17, 15) is 0 Å². The molecule has 7 heteroatoms. The largest absolute Gasteiger partial charge is 0.381 e. The molecule has 1 aliphatic carbocycles. The average Bonchev–Trinajstić information content (AvgIpc) is 3.44. The number of halogens is 1. The Bertz CT molecular complexity index is 348. The lowest BCUT2D eigenvalue weighted by Gasteiger charge is -2.21. The normalized spacial score (nSPS) is 18.7.